The fourth-order valence-electron chi connectivity index (χ4n) is 1.61. The summed E-state index contributed by atoms with van der Waals surface area (Å²) >= 11 is 6.96. The quantitative estimate of drug-likeness (QED) is 0.653. The van der Waals surface area contributed by atoms with Crippen LogP contribution in [0.3, 0.4) is 0 Å². The minimum atomic E-state index is -0.644. The van der Waals surface area contributed by atoms with Gasteiger partial charge in [0, 0.05) is 10.6 Å². The standard InChI is InChI=1S/C15H13ClN2O4S/c1-9-6-7-23-13(9)15(21)22-8-12(19)17-18-14(20)10-2-4-11(16)5-3-10/h2-7H,8H2,1H3,(H,17,19)(H,18,20). The Labute approximate surface area is 141 Å². The highest BCUT2D eigenvalue weighted by molar-refractivity contribution is 7.12. The molecular weight excluding hydrogens is 340 g/mol. The van der Waals surface area contributed by atoms with Gasteiger partial charge in [0.05, 0.1) is 0 Å². The van der Waals surface area contributed by atoms with E-state index < -0.39 is 24.4 Å². The van der Waals surface area contributed by atoms with Gasteiger partial charge in [0.25, 0.3) is 11.8 Å². The Morgan fingerprint density at radius 1 is 1.13 bits per heavy atom. The molecule has 6 nitrogen and oxygen atoms in total. The molecule has 120 valence electrons. The molecule has 1 aromatic heterocycles. The molecule has 0 bridgehead atoms. The molecule has 0 spiro atoms. The summed E-state index contributed by atoms with van der Waals surface area (Å²) in [4.78, 5) is 35.5. The molecule has 2 rings (SSSR count). The third-order valence-corrected chi connectivity index (χ3v) is 4.05. The van der Waals surface area contributed by atoms with Gasteiger partial charge in [-0.15, -0.1) is 11.3 Å². The number of esters is 1. The van der Waals surface area contributed by atoms with Gasteiger partial charge in [-0.1, -0.05) is 11.6 Å². The number of benzene rings is 1. The van der Waals surface area contributed by atoms with Gasteiger partial charge in [0.2, 0.25) is 0 Å². The number of nitrogens with one attached hydrogen (secondary N) is 2. The lowest BCUT2D eigenvalue weighted by atomic mass is 10.2. The third-order valence-electron chi connectivity index (χ3n) is 2.80. The number of hydrogen-bond donors (Lipinski definition) is 2. The van der Waals surface area contributed by atoms with E-state index in [4.69, 9.17) is 16.3 Å². The molecule has 0 saturated heterocycles. The van der Waals surface area contributed by atoms with Crippen LogP contribution in [-0.2, 0) is 9.53 Å². The van der Waals surface area contributed by atoms with Crippen molar-refractivity contribution in [3.8, 4) is 0 Å². The number of carbonyl (C=O) groups is 3. The van der Waals surface area contributed by atoms with Crippen molar-refractivity contribution in [2.75, 3.05) is 6.61 Å². The van der Waals surface area contributed by atoms with E-state index in [1.54, 1.807) is 30.5 Å². The highest BCUT2D eigenvalue weighted by Crippen LogP contribution is 2.16. The van der Waals surface area contributed by atoms with Crippen LogP contribution in [0.15, 0.2) is 35.7 Å². The summed E-state index contributed by atoms with van der Waals surface area (Å²) in [5.41, 5.74) is 5.51. The van der Waals surface area contributed by atoms with Gasteiger partial charge < -0.3 is 4.74 Å². The molecule has 8 heteroatoms. The molecule has 0 atom stereocenters. The van der Waals surface area contributed by atoms with Gasteiger partial charge in [0.15, 0.2) is 6.61 Å². The Kier molecular flexibility index (Phi) is 5.72. The van der Waals surface area contributed by atoms with Crippen LogP contribution in [-0.4, -0.2) is 24.4 Å². The minimum absolute atomic E-state index is 0.334. The molecule has 1 aromatic carbocycles. The van der Waals surface area contributed by atoms with Crippen molar-refractivity contribution in [1.82, 2.24) is 10.9 Å². The van der Waals surface area contributed by atoms with E-state index in [9.17, 15) is 14.4 Å². The number of hydrazine groups is 1. The Morgan fingerprint density at radius 3 is 2.43 bits per heavy atom. The first-order chi connectivity index (χ1) is 11.0. The predicted octanol–water partition coefficient (Wildman–Crippen LogP) is 2.33. The second-order valence-corrected chi connectivity index (χ2v) is 5.87. The molecular formula is C15H13ClN2O4S. The lowest BCUT2D eigenvalue weighted by molar-refractivity contribution is -0.125. The number of ether oxygens (including phenoxy) is 1. The summed E-state index contributed by atoms with van der Waals surface area (Å²) in [6.07, 6.45) is 0. The highest BCUT2D eigenvalue weighted by Gasteiger charge is 2.14. The van der Waals surface area contributed by atoms with Crippen LogP contribution in [0.2, 0.25) is 5.02 Å². The van der Waals surface area contributed by atoms with Gasteiger partial charge in [-0.2, -0.15) is 0 Å². The van der Waals surface area contributed by atoms with E-state index in [1.807, 2.05) is 0 Å². The maximum Gasteiger partial charge on any atom is 0.349 e. The molecule has 0 aliphatic rings. The third kappa shape index (κ3) is 4.80. The van der Waals surface area contributed by atoms with E-state index in [0.717, 1.165) is 5.56 Å². The molecule has 0 aliphatic carbocycles. The SMILES string of the molecule is Cc1ccsc1C(=O)OCC(=O)NNC(=O)c1ccc(Cl)cc1. The van der Waals surface area contributed by atoms with E-state index in [2.05, 4.69) is 10.9 Å². The summed E-state index contributed by atoms with van der Waals surface area (Å²) in [6.45, 7) is 1.29. The summed E-state index contributed by atoms with van der Waals surface area (Å²) < 4.78 is 4.87. The van der Waals surface area contributed by atoms with Gasteiger partial charge in [-0.05, 0) is 48.2 Å². The van der Waals surface area contributed by atoms with Crippen LogP contribution < -0.4 is 10.9 Å². The fraction of sp³-hybridized carbons (Fsp3) is 0.133. The lowest BCUT2D eigenvalue weighted by Gasteiger charge is -2.08. The molecule has 23 heavy (non-hydrogen) atoms. The Balaban J connectivity index is 1.77. The lowest BCUT2D eigenvalue weighted by Crippen LogP contribution is -2.43. The monoisotopic (exact) mass is 352 g/mol. The van der Waals surface area contributed by atoms with Crippen molar-refractivity contribution in [3.63, 3.8) is 0 Å². The predicted molar refractivity (Wildman–Crippen MR) is 86.4 cm³/mol. The number of thiophene rings is 1. The van der Waals surface area contributed by atoms with Crippen molar-refractivity contribution in [2.24, 2.45) is 0 Å². The van der Waals surface area contributed by atoms with Gasteiger partial charge in [0.1, 0.15) is 4.88 Å². The first-order valence-electron chi connectivity index (χ1n) is 6.53. The molecule has 2 N–H and O–H groups in total. The number of aryl methyl sites for hydroxylation is 1. The molecule has 0 unspecified atom stereocenters. The number of carbonyl (C=O) groups excluding carboxylic acids is 3. The highest BCUT2D eigenvalue weighted by atomic mass is 35.5. The number of rotatable bonds is 4. The van der Waals surface area contributed by atoms with Crippen molar-refractivity contribution in [3.05, 3.63) is 56.7 Å². The molecule has 0 radical (unpaired) electrons. The van der Waals surface area contributed by atoms with Crippen molar-refractivity contribution >= 4 is 40.7 Å². The van der Waals surface area contributed by atoms with Crippen LogP contribution in [0.4, 0.5) is 0 Å². The molecule has 0 fully saturated rings. The Hall–Kier alpha value is -2.38. The maximum absolute atomic E-state index is 11.8. The normalized spacial score (nSPS) is 10.0. The second kappa shape index (κ2) is 7.75. The first kappa shape index (κ1) is 17.0. The Bertz CT molecular complexity index is 727. The van der Waals surface area contributed by atoms with Crippen LogP contribution >= 0.6 is 22.9 Å². The Morgan fingerprint density at radius 2 is 1.83 bits per heavy atom. The largest absolute Gasteiger partial charge is 0.451 e. The van der Waals surface area contributed by atoms with E-state index in [0.29, 0.717) is 15.5 Å². The number of amides is 2. The zero-order chi connectivity index (χ0) is 16.8. The first-order valence-corrected chi connectivity index (χ1v) is 7.79. The van der Waals surface area contributed by atoms with Gasteiger partial charge in [-0.3, -0.25) is 20.4 Å². The molecule has 2 amide bonds. The average molecular weight is 353 g/mol. The zero-order valence-electron chi connectivity index (χ0n) is 12.1. The number of hydrogen-bond acceptors (Lipinski definition) is 5. The van der Waals surface area contributed by atoms with E-state index in [1.165, 1.54) is 23.5 Å². The summed E-state index contributed by atoms with van der Waals surface area (Å²) in [6, 6.07) is 7.94. The van der Waals surface area contributed by atoms with E-state index >= 15 is 0 Å². The molecule has 0 aliphatic heterocycles. The second-order valence-electron chi connectivity index (χ2n) is 4.52. The van der Waals surface area contributed by atoms with E-state index in [-0.39, 0.29) is 0 Å². The summed E-state index contributed by atoms with van der Waals surface area (Å²) in [7, 11) is 0. The minimum Gasteiger partial charge on any atom is -0.451 e. The van der Waals surface area contributed by atoms with Crippen LogP contribution in [0.5, 0.6) is 0 Å². The maximum atomic E-state index is 11.8. The topological polar surface area (TPSA) is 84.5 Å². The van der Waals surface area contributed by atoms with Crippen LogP contribution in [0.25, 0.3) is 0 Å². The zero-order valence-corrected chi connectivity index (χ0v) is 13.7. The molecule has 1 heterocycles. The smallest absolute Gasteiger partial charge is 0.349 e. The summed E-state index contributed by atoms with van der Waals surface area (Å²) in [5.74, 6) is -1.72. The van der Waals surface area contributed by atoms with Gasteiger partial charge in [-0.25, -0.2) is 4.79 Å². The van der Waals surface area contributed by atoms with Crippen LogP contribution in [0, 0.1) is 6.92 Å². The van der Waals surface area contributed by atoms with Crippen LogP contribution in [0.1, 0.15) is 25.6 Å². The van der Waals surface area contributed by atoms with Gasteiger partial charge >= 0.3 is 5.97 Å². The fourth-order valence-corrected chi connectivity index (χ4v) is 2.56. The molecule has 0 saturated carbocycles. The van der Waals surface area contributed by atoms with Crippen molar-refractivity contribution < 1.29 is 19.1 Å². The van der Waals surface area contributed by atoms with Crippen molar-refractivity contribution in [2.45, 2.75) is 6.92 Å². The molecule has 2 aromatic rings. The van der Waals surface area contributed by atoms with Crippen molar-refractivity contribution in [1.29, 1.82) is 0 Å². The average Bonchev–Trinajstić information content (AvgIpc) is 2.97. The number of halogens is 1. The summed E-state index contributed by atoms with van der Waals surface area (Å²) in [5, 5.41) is 2.26.